The van der Waals surface area contributed by atoms with Crippen LogP contribution in [0.25, 0.3) is 0 Å². The fourth-order valence-electron chi connectivity index (χ4n) is 1.85. The summed E-state index contributed by atoms with van der Waals surface area (Å²) < 4.78 is 1.17. The molecule has 0 fully saturated rings. The van der Waals surface area contributed by atoms with Crippen LogP contribution in [0.3, 0.4) is 0 Å². The molecular formula is C16H16Br2. The van der Waals surface area contributed by atoms with Crippen molar-refractivity contribution < 1.29 is 0 Å². The highest BCUT2D eigenvalue weighted by Crippen LogP contribution is 2.30. The zero-order valence-electron chi connectivity index (χ0n) is 10.6. The van der Waals surface area contributed by atoms with Crippen LogP contribution >= 0.6 is 31.9 Å². The predicted molar refractivity (Wildman–Crippen MR) is 85.4 cm³/mol. The molecule has 94 valence electrons. The number of aryl methyl sites for hydroxylation is 2. The van der Waals surface area contributed by atoms with Crippen LogP contribution in [0.5, 0.6) is 0 Å². The van der Waals surface area contributed by atoms with Crippen LogP contribution in [-0.2, 0) is 6.42 Å². The SMILES string of the molecule is Cc1ccc(CC(Br)c2ccc(C)c(Br)c2)cc1. The van der Waals surface area contributed by atoms with Gasteiger partial charge in [0.05, 0.1) is 0 Å². The second-order valence-corrected chi connectivity index (χ2v) is 6.63. The molecule has 2 aromatic carbocycles. The van der Waals surface area contributed by atoms with Crippen molar-refractivity contribution in [1.82, 2.24) is 0 Å². The molecule has 1 atom stereocenters. The second-order valence-electron chi connectivity index (χ2n) is 4.67. The minimum Gasteiger partial charge on any atom is -0.0835 e. The molecule has 0 bridgehead atoms. The standard InChI is InChI=1S/C16H16Br2/c1-11-3-6-13(7-4-11)9-16(18)14-8-5-12(2)15(17)10-14/h3-8,10,16H,9H2,1-2H3. The summed E-state index contributed by atoms with van der Waals surface area (Å²) in [6, 6.07) is 15.3. The van der Waals surface area contributed by atoms with E-state index in [1.165, 1.54) is 26.7 Å². The van der Waals surface area contributed by atoms with E-state index in [0.29, 0.717) is 4.83 Å². The second kappa shape index (κ2) is 6.03. The maximum Gasteiger partial charge on any atom is 0.0436 e. The van der Waals surface area contributed by atoms with Gasteiger partial charge in [-0.05, 0) is 43.0 Å². The highest BCUT2D eigenvalue weighted by Gasteiger charge is 2.09. The number of hydrogen-bond acceptors (Lipinski definition) is 0. The predicted octanol–water partition coefficient (Wildman–Crippen LogP) is 5.74. The molecule has 0 nitrogen and oxygen atoms in total. The van der Waals surface area contributed by atoms with Crippen LogP contribution in [0.4, 0.5) is 0 Å². The monoisotopic (exact) mass is 366 g/mol. The Balaban J connectivity index is 2.13. The van der Waals surface area contributed by atoms with Gasteiger partial charge in [-0.3, -0.25) is 0 Å². The minimum atomic E-state index is 0.358. The maximum atomic E-state index is 3.78. The first kappa shape index (κ1) is 13.8. The molecule has 0 aliphatic rings. The summed E-state index contributed by atoms with van der Waals surface area (Å²) in [5.41, 5.74) is 5.25. The van der Waals surface area contributed by atoms with E-state index in [1.54, 1.807) is 0 Å². The van der Waals surface area contributed by atoms with Crippen LogP contribution in [-0.4, -0.2) is 0 Å². The summed E-state index contributed by atoms with van der Waals surface area (Å²) in [7, 11) is 0. The van der Waals surface area contributed by atoms with Crippen molar-refractivity contribution in [3.05, 3.63) is 69.2 Å². The lowest BCUT2D eigenvalue weighted by molar-refractivity contribution is 0.946. The Morgan fingerprint density at radius 3 is 2.28 bits per heavy atom. The van der Waals surface area contributed by atoms with E-state index >= 15 is 0 Å². The van der Waals surface area contributed by atoms with E-state index in [9.17, 15) is 0 Å². The average molecular weight is 368 g/mol. The molecular weight excluding hydrogens is 352 g/mol. The topological polar surface area (TPSA) is 0 Å². The van der Waals surface area contributed by atoms with Crippen molar-refractivity contribution in [2.45, 2.75) is 25.1 Å². The number of alkyl halides is 1. The first-order chi connectivity index (χ1) is 8.56. The average Bonchev–Trinajstić information content (AvgIpc) is 2.35. The number of halogens is 2. The van der Waals surface area contributed by atoms with Gasteiger partial charge in [0.1, 0.15) is 0 Å². The first-order valence-corrected chi connectivity index (χ1v) is 7.73. The Bertz CT molecular complexity index is 529. The molecule has 18 heavy (non-hydrogen) atoms. The Labute approximate surface area is 126 Å². The quantitative estimate of drug-likeness (QED) is 0.606. The smallest absolute Gasteiger partial charge is 0.0436 e. The summed E-state index contributed by atoms with van der Waals surface area (Å²) >= 11 is 7.37. The Morgan fingerprint density at radius 1 is 1.00 bits per heavy atom. The summed E-state index contributed by atoms with van der Waals surface area (Å²) in [4.78, 5) is 0.358. The van der Waals surface area contributed by atoms with Crippen molar-refractivity contribution in [3.8, 4) is 0 Å². The molecule has 0 radical (unpaired) electrons. The van der Waals surface area contributed by atoms with E-state index in [1.807, 2.05) is 0 Å². The van der Waals surface area contributed by atoms with Gasteiger partial charge in [0.25, 0.3) is 0 Å². The van der Waals surface area contributed by atoms with Crippen LogP contribution in [0.2, 0.25) is 0 Å². The van der Waals surface area contributed by atoms with Crippen LogP contribution in [0, 0.1) is 13.8 Å². The Morgan fingerprint density at radius 2 is 1.67 bits per heavy atom. The zero-order valence-corrected chi connectivity index (χ0v) is 13.8. The highest BCUT2D eigenvalue weighted by atomic mass is 79.9. The summed E-state index contributed by atoms with van der Waals surface area (Å²) in [6.07, 6.45) is 1.01. The third kappa shape index (κ3) is 3.46. The van der Waals surface area contributed by atoms with Gasteiger partial charge in [-0.25, -0.2) is 0 Å². The number of benzene rings is 2. The maximum absolute atomic E-state index is 3.78. The molecule has 2 aromatic rings. The lowest BCUT2D eigenvalue weighted by Gasteiger charge is -2.12. The van der Waals surface area contributed by atoms with Crippen LogP contribution < -0.4 is 0 Å². The van der Waals surface area contributed by atoms with Crippen LogP contribution in [0.1, 0.15) is 27.1 Å². The Kier molecular flexibility index (Phi) is 4.63. The van der Waals surface area contributed by atoms with Crippen molar-refractivity contribution in [2.75, 3.05) is 0 Å². The summed E-state index contributed by atoms with van der Waals surface area (Å²) in [5, 5.41) is 0. The normalized spacial score (nSPS) is 12.4. The van der Waals surface area contributed by atoms with Gasteiger partial charge in [-0.1, -0.05) is 73.8 Å². The molecule has 0 amide bonds. The number of hydrogen-bond donors (Lipinski definition) is 0. The van der Waals surface area contributed by atoms with E-state index in [0.717, 1.165) is 6.42 Å². The molecule has 0 saturated carbocycles. The van der Waals surface area contributed by atoms with E-state index in [4.69, 9.17) is 0 Å². The largest absolute Gasteiger partial charge is 0.0835 e. The van der Waals surface area contributed by atoms with Gasteiger partial charge in [-0.2, -0.15) is 0 Å². The molecule has 0 aromatic heterocycles. The van der Waals surface area contributed by atoms with E-state index < -0.39 is 0 Å². The molecule has 0 spiro atoms. The minimum absolute atomic E-state index is 0.358. The van der Waals surface area contributed by atoms with E-state index in [-0.39, 0.29) is 0 Å². The van der Waals surface area contributed by atoms with Gasteiger partial charge in [0, 0.05) is 9.30 Å². The molecule has 0 aliphatic carbocycles. The molecule has 2 rings (SSSR count). The molecule has 0 N–H and O–H groups in total. The van der Waals surface area contributed by atoms with Gasteiger partial charge < -0.3 is 0 Å². The zero-order chi connectivity index (χ0) is 13.1. The Hall–Kier alpha value is -0.600. The third-order valence-corrected chi connectivity index (χ3v) is 4.80. The van der Waals surface area contributed by atoms with Crippen molar-refractivity contribution in [1.29, 1.82) is 0 Å². The molecule has 0 heterocycles. The van der Waals surface area contributed by atoms with Crippen molar-refractivity contribution in [3.63, 3.8) is 0 Å². The fraction of sp³-hybridized carbons (Fsp3) is 0.250. The van der Waals surface area contributed by atoms with Crippen molar-refractivity contribution >= 4 is 31.9 Å². The number of rotatable bonds is 3. The molecule has 0 aliphatic heterocycles. The molecule has 0 saturated heterocycles. The van der Waals surface area contributed by atoms with Crippen molar-refractivity contribution in [2.24, 2.45) is 0 Å². The summed E-state index contributed by atoms with van der Waals surface area (Å²) in [5.74, 6) is 0. The fourth-order valence-corrected chi connectivity index (χ4v) is 2.91. The lowest BCUT2D eigenvalue weighted by atomic mass is 10.0. The highest BCUT2D eigenvalue weighted by molar-refractivity contribution is 9.10. The summed E-state index contributed by atoms with van der Waals surface area (Å²) in [6.45, 7) is 4.23. The van der Waals surface area contributed by atoms with Gasteiger partial charge in [0.15, 0.2) is 0 Å². The molecule has 1 unspecified atom stereocenters. The van der Waals surface area contributed by atoms with Gasteiger partial charge in [-0.15, -0.1) is 0 Å². The van der Waals surface area contributed by atoms with Gasteiger partial charge >= 0.3 is 0 Å². The van der Waals surface area contributed by atoms with Crippen LogP contribution in [0.15, 0.2) is 46.9 Å². The lowest BCUT2D eigenvalue weighted by Crippen LogP contribution is -1.96. The third-order valence-electron chi connectivity index (χ3n) is 3.09. The molecule has 2 heteroatoms. The van der Waals surface area contributed by atoms with E-state index in [2.05, 4.69) is 88.2 Å². The van der Waals surface area contributed by atoms with Gasteiger partial charge in [0.2, 0.25) is 0 Å². The first-order valence-electron chi connectivity index (χ1n) is 6.02.